The van der Waals surface area contributed by atoms with Crippen LogP contribution in [0.2, 0.25) is 0 Å². The molecule has 1 saturated carbocycles. The summed E-state index contributed by atoms with van der Waals surface area (Å²) in [7, 11) is -3.62. The summed E-state index contributed by atoms with van der Waals surface area (Å²) in [6.45, 7) is 2.52. The standard InChI is InChI=1S/C19H20BrNO3S2/c1-2-24-12-19(18(21)25)16(13-8-10-14(20)11-9-13)17(19)26(22,23)15-6-4-3-5-7-15/h3-11,16-17H,2,12H2,1H3,(H2,21,25)/t16-,17-,19-/m0/s1. The molecule has 0 saturated heterocycles. The first-order chi connectivity index (χ1) is 12.4. The van der Waals surface area contributed by atoms with E-state index in [1.54, 1.807) is 30.3 Å². The summed E-state index contributed by atoms with van der Waals surface area (Å²) in [6.07, 6.45) is 0. The summed E-state index contributed by atoms with van der Waals surface area (Å²) in [5, 5.41) is -0.734. The first-order valence-corrected chi connectivity index (χ1v) is 11.0. The Morgan fingerprint density at radius 3 is 2.35 bits per heavy atom. The molecule has 0 bridgehead atoms. The zero-order chi connectivity index (χ0) is 18.9. The van der Waals surface area contributed by atoms with Crippen molar-refractivity contribution in [3.63, 3.8) is 0 Å². The molecule has 0 heterocycles. The number of benzene rings is 2. The van der Waals surface area contributed by atoms with Gasteiger partial charge in [0, 0.05) is 17.0 Å². The minimum atomic E-state index is -3.62. The van der Waals surface area contributed by atoms with Crippen LogP contribution in [-0.2, 0) is 14.6 Å². The van der Waals surface area contributed by atoms with Crippen LogP contribution in [0.3, 0.4) is 0 Å². The van der Waals surface area contributed by atoms with E-state index in [0.29, 0.717) is 6.61 Å². The lowest BCUT2D eigenvalue weighted by Gasteiger charge is -2.17. The molecule has 4 nitrogen and oxygen atoms in total. The van der Waals surface area contributed by atoms with Crippen molar-refractivity contribution in [3.05, 3.63) is 64.6 Å². The predicted octanol–water partition coefficient (Wildman–Crippen LogP) is 3.70. The van der Waals surface area contributed by atoms with E-state index in [0.717, 1.165) is 10.0 Å². The van der Waals surface area contributed by atoms with Crippen LogP contribution in [-0.4, -0.2) is 31.9 Å². The topological polar surface area (TPSA) is 69.4 Å². The third kappa shape index (κ3) is 3.22. The third-order valence-electron chi connectivity index (χ3n) is 4.90. The van der Waals surface area contributed by atoms with Gasteiger partial charge in [-0.3, -0.25) is 0 Å². The lowest BCUT2D eigenvalue weighted by Crippen LogP contribution is -2.33. The Balaban J connectivity index is 2.10. The molecule has 1 fully saturated rings. The zero-order valence-corrected chi connectivity index (χ0v) is 17.5. The molecule has 1 aliphatic rings. The molecular formula is C19H20BrNO3S2. The second-order valence-corrected chi connectivity index (χ2v) is 9.77. The van der Waals surface area contributed by atoms with E-state index in [9.17, 15) is 8.42 Å². The highest BCUT2D eigenvalue weighted by atomic mass is 79.9. The number of ether oxygens (including phenoxy) is 1. The number of rotatable bonds is 7. The molecule has 3 atom stereocenters. The smallest absolute Gasteiger partial charge is 0.182 e. The molecule has 0 radical (unpaired) electrons. The van der Waals surface area contributed by atoms with Gasteiger partial charge in [0.15, 0.2) is 9.84 Å². The van der Waals surface area contributed by atoms with Gasteiger partial charge in [-0.2, -0.15) is 0 Å². The third-order valence-corrected chi connectivity index (χ3v) is 8.09. The number of hydrogen-bond donors (Lipinski definition) is 1. The molecule has 2 aromatic rings. The van der Waals surface area contributed by atoms with Crippen molar-refractivity contribution in [1.29, 1.82) is 0 Å². The minimum Gasteiger partial charge on any atom is -0.393 e. The van der Waals surface area contributed by atoms with Gasteiger partial charge in [0.05, 0.1) is 27.2 Å². The molecule has 0 aromatic heterocycles. The van der Waals surface area contributed by atoms with Gasteiger partial charge in [0.2, 0.25) is 0 Å². The van der Waals surface area contributed by atoms with Gasteiger partial charge >= 0.3 is 0 Å². The summed E-state index contributed by atoms with van der Waals surface area (Å²) >= 11 is 8.74. The van der Waals surface area contributed by atoms with Gasteiger partial charge in [0.25, 0.3) is 0 Å². The SMILES string of the molecule is CCOC[C@]1(C(N)=S)[C@@H](c2ccc(Br)cc2)[C@@H]1S(=O)(=O)c1ccccc1. The predicted molar refractivity (Wildman–Crippen MR) is 110 cm³/mol. The fourth-order valence-electron chi connectivity index (χ4n) is 3.57. The maximum absolute atomic E-state index is 13.3. The Bertz CT molecular complexity index is 900. The fraction of sp³-hybridized carbons (Fsp3) is 0.316. The Hall–Kier alpha value is -1.28. The molecule has 3 rings (SSSR count). The summed E-state index contributed by atoms with van der Waals surface area (Å²) in [4.78, 5) is 0.463. The van der Waals surface area contributed by atoms with Gasteiger partial charge in [0.1, 0.15) is 0 Å². The van der Waals surface area contributed by atoms with Crippen molar-refractivity contribution in [3.8, 4) is 0 Å². The maximum atomic E-state index is 13.3. The molecule has 0 amide bonds. The summed E-state index contributed by atoms with van der Waals surface area (Å²) < 4.78 is 33.2. The summed E-state index contributed by atoms with van der Waals surface area (Å²) in [6, 6.07) is 16.1. The van der Waals surface area contributed by atoms with Crippen LogP contribution >= 0.6 is 28.1 Å². The lowest BCUT2D eigenvalue weighted by atomic mass is 10.00. The van der Waals surface area contributed by atoms with Crippen molar-refractivity contribution >= 4 is 43.0 Å². The number of sulfone groups is 1. The van der Waals surface area contributed by atoms with Crippen LogP contribution in [0.4, 0.5) is 0 Å². The van der Waals surface area contributed by atoms with E-state index in [1.165, 1.54) is 0 Å². The van der Waals surface area contributed by atoms with Gasteiger partial charge < -0.3 is 10.5 Å². The van der Waals surface area contributed by atoms with E-state index in [4.69, 9.17) is 22.7 Å². The molecule has 26 heavy (non-hydrogen) atoms. The van der Waals surface area contributed by atoms with Crippen molar-refractivity contribution in [2.24, 2.45) is 11.1 Å². The first kappa shape index (κ1) is 19.5. The fourth-order valence-corrected chi connectivity index (χ4v) is 6.62. The number of nitrogens with two attached hydrogens (primary N) is 1. The number of thiocarbonyl (C=S) groups is 1. The molecule has 7 heteroatoms. The highest BCUT2D eigenvalue weighted by Crippen LogP contribution is 2.64. The van der Waals surface area contributed by atoms with Crippen molar-refractivity contribution in [1.82, 2.24) is 0 Å². The van der Waals surface area contributed by atoms with Crippen LogP contribution < -0.4 is 5.73 Å². The lowest BCUT2D eigenvalue weighted by molar-refractivity contribution is 0.121. The Morgan fingerprint density at radius 1 is 1.19 bits per heavy atom. The normalized spacial score (nSPS) is 25.0. The van der Waals surface area contributed by atoms with E-state index >= 15 is 0 Å². The molecule has 2 aromatic carbocycles. The van der Waals surface area contributed by atoms with Crippen molar-refractivity contribution < 1.29 is 13.2 Å². The molecule has 0 spiro atoms. The monoisotopic (exact) mass is 453 g/mol. The zero-order valence-electron chi connectivity index (χ0n) is 14.3. The summed E-state index contributed by atoms with van der Waals surface area (Å²) in [5.41, 5.74) is 6.07. The highest BCUT2D eigenvalue weighted by Gasteiger charge is 2.73. The Labute approximate surface area is 167 Å². The van der Waals surface area contributed by atoms with Crippen LogP contribution in [0.15, 0.2) is 64.0 Å². The van der Waals surface area contributed by atoms with Gasteiger partial charge in [-0.1, -0.05) is 58.5 Å². The second-order valence-electron chi connectivity index (χ2n) is 6.35. The first-order valence-electron chi connectivity index (χ1n) is 8.27. The van der Waals surface area contributed by atoms with Gasteiger partial charge in [-0.25, -0.2) is 8.42 Å². The average molecular weight is 454 g/mol. The average Bonchev–Trinajstić information content (AvgIpc) is 3.33. The Kier molecular flexibility index (Phi) is 5.53. The van der Waals surface area contributed by atoms with Crippen molar-refractivity contribution in [2.75, 3.05) is 13.2 Å². The molecule has 2 N–H and O–H groups in total. The van der Waals surface area contributed by atoms with Crippen LogP contribution in [0, 0.1) is 5.41 Å². The van der Waals surface area contributed by atoms with Crippen LogP contribution in [0.25, 0.3) is 0 Å². The summed E-state index contributed by atoms with van der Waals surface area (Å²) in [5.74, 6) is -0.329. The number of halogens is 1. The highest BCUT2D eigenvalue weighted by molar-refractivity contribution is 9.10. The van der Waals surface area contributed by atoms with Gasteiger partial charge in [-0.15, -0.1) is 0 Å². The quantitative estimate of drug-likeness (QED) is 0.647. The van der Waals surface area contributed by atoms with E-state index in [2.05, 4.69) is 15.9 Å². The van der Waals surface area contributed by atoms with Crippen molar-refractivity contribution in [2.45, 2.75) is 23.0 Å². The second kappa shape index (κ2) is 7.38. The molecular weight excluding hydrogens is 434 g/mol. The van der Waals surface area contributed by atoms with E-state index in [1.807, 2.05) is 31.2 Å². The van der Waals surface area contributed by atoms with E-state index in [-0.39, 0.29) is 22.4 Å². The number of hydrogen-bond acceptors (Lipinski definition) is 4. The van der Waals surface area contributed by atoms with Crippen LogP contribution in [0.1, 0.15) is 18.4 Å². The Morgan fingerprint density at radius 2 is 1.81 bits per heavy atom. The molecule has 1 aliphatic carbocycles. The molecule has 138 valence electrons. The largest absolute Gasteiger partial charge is 0.393 e. The molecule has 0 aliphatic heterocycles. The minimum absolute atomic E-state index is 0.184. The van der Waals surface area contributed by atoms with Gasteiger partial charge in [-0.05, 0) is 36.8 Å². The molecule has 0 unspecified atom stereocenters. The van der Waals surface area contributed by atoms with E-state index < -0.39 is 20.5 Å². The van der Waals surface area contributed by atoms with Crippen LogP contribution in [0.5, 0.6) is 0 Å². The maximum Gasteiger partial charge on any atom is 0.182 e.